The van der Waals surface area contributed by atoms with Crippen molar-refractivity contribution in [3.8, 4) is 6.07 Å². The maximum Gasteiger partial charge on any atom is 0.235 e. The first-order chi connectivity index (χ1) is 9.48. The molecule has 106 valence electrons. The lowest BCUT2D eigenvalue weighted by atomic mass is 10.2. The summed E-state index contributed by atoms with van der Waals surface area (Å²) in [6.45, 7) is -0.241. The van der Waals surface area contributed by atoms with E-state index < -0.39 is 10.0 Å². The zero-order valence-electron chi connectivity index (χ0n) is 10.8. The number of hydrogen-bond acceptors (Lipinski definition) is 4. The number of nitrogens with one attached hydrogen (secondary N) is 2. The minimum Gasteiger partial charge on any atom is -0.352 e. The Morgan fingerprint density at radius 3 is 2.50 bits per heavy atom. The summed E-state index contributed by atoms with van der Waals surface area (Å²) in [6.07, 6.45) is 1.92. The molecule has 1 fully saturated rings. The van der Waals surface area contributed by atoms with Crippen LogP contribution >= 0.6 is 0 Å². The number of nitrogens with zero attached hydrogens (tertiary/aromatic N) is 1. The second kappa shape index (κ2) is 6.03. The van der Waals surface area contributed by atoms with Crippen LogP contribution in [0.2, 0.25) is 0 Å². The number of sulfonamides is 1. The number of amides is 1. The number of carbonyl (C=O) groups excluding carboxylic acids is 1. The van der Waals surface area contributed by atoms with Gasteiger partial charge in [0.2, 0.25) is 15.9 Å². The fourth-order valence-corrected chi connectivity index (χ4v) is 2.71. The van der Waals surface area contributed by atoms with Crippen molar-refractivity contribution >= 4 is 15.9 Å². The third-order valence-corrected chi connectivity index (χ3v) is 4.13. The lowest BCUT2D eigenvalue weighted by Crippen LogP contribution is -2.38. The molecule has 0 radical (unpaired) electrons. The zero-order valence-corrected chi connectivity index (χ0v) is 11.6. The first kappa shape index (κ1) is 14.5. The van der Waals surface area contributed by atoms with Gasteiger partial charge in [-0.25, -0.2) is 13.1 Å². The van der Waals surface area contributed by atoms with Gasteiger partial charge in [-0.2, -0.15) is 5.26 Å². The predicted molar refractivity (Wildman–Crippen MR) is 72.9 cm³/mol. The molecule has 7 heteroatoms. The molecule has 0 bridgehead atoms. The first-order valence-corrected chi connectivity index (χ1v) is 7.89. The summed E-state index contributed by atoms with van der Waals surface area (Å²) < 4.78 is 25.9. The van der Waals surface area contributed by atoms with E-state index in [9.17, 15) is 13.2 Å². The number of rotatable bonds is 6. The van der Waals surface area contributed by atoms with Crippen LogP contribution < -0.4 is 10.0 Å². The van der Waals surface area contributed by atoms with E-state index in [4.69, 9.17) is 5.26 Å². The zero-order chi connectivity index (χ0) is 14.6. The summed E-state index contributed by atoms with van der Waals surface area (Å²) in [6, 6.07) is 8.47. The van der Waals surface area contributed by atoms with Gasteiger partial charge < -0.3 is 5.32 Å². The van der Waals surface area contributed by atoms with Crippen molar-refractivity contribution in [2.45, 2.75) is 24.6 Å². The summed E-state index contributed by atoms with van der Waals surface area (Å²) >= 11 is 0. The third-order valence-electron chi connectivity index (χ3n) is 2.83. The molecule has 6 nitrogen and oxygen atoms in total. The van der Waals surface area contributed by atoms with E-state index in [0.29, 0.717) is 11.1 Å². The quantitative estimate of drug-likeness (QED) is 0.785. The van der Waals surface area contributed by atoms with E-state index >= 15 is 0 Å². The highest BCUT2D eigenvalue weighted by atomic mass is 32.2. The molecule has 1 aliphatic carbocycles. The van der Waals surface area contributed by atoms with Crippen LogP contribution in [0.5, 0.6) is 0 Å². The molecule has 0 unspecified atom stereocenters. The van der Waals surface area contributed by atoms with Gasteiger partial charge >= 0.3 is 0 Å². The molecule has 0 heterocycles. The van der Waals surface area contributed by atoms with Crippen molar-refractivity contribution in [2.75, 3.05) is 6.54 Å². The smallest absolute Gasteiger partial charge is 0.235 e. The van der Waals surface area contributed by atoms with Crippen molar-refractivity contribution in [3.05, 3.63) is 35.4 Å². The fourth-order valence-electron chi connectivity index (χ4n) is 1.63. The fraction of sp³-hybridized carbons (Fsp3) is 0.385. The van der Waals surface area contributed by atoms with Crippen LogP contribution in [0.3, 0.4) is 0 Å². The van der Waals surface area contributed by atoms with Crippen LogP contribution in [0.15, 0.2) is 24.3 Å². The number of carbonyl (C=O) groups is 1. The van der Waals surface area contributed by atoms with Crippen LogP contribution in [-0.4, -0.2) is 26.9 Å². The molecule has 2 rings (SSSR count). The van der Waals surface area contributed by atoms with Gasteiger partial charge in [0.1, 0.15) is 0 Å². The topological polar surface area (TPSA) is 99.1 Å². The Morgan fingerprint density at radius 1 is 1.30 bits per heavy atom. The monoisotopic (exact) mass is 293 g/mol. The molecule has 0 spiro atoms. The molecule has 1 amide bonds. The van der Waals surface area contributed by atoms with Gasteiger partial charge in [-0.1, -0.05) is 12.1 Å². The van der Waals surface area contributed by atoms with E-state index in [1.165, 1.54) is 0 Å². The van der Waals surface area contributed by atoms with E-state index in [0.717, 1.165) is 12.8 Å². The maximum atomic E-state index is 11.8. The third kappa shape index (κ3) is 4.64. The Morgan fingerprint density at radius 2 is 1.95 bits per heavy atom. The Balaban J connectivity index is 1.85. The minimum atomic E-state index is -3.56. The maximum absolute atomic E-state index is 11.8. The molecule has 0 atom stereocenters. The Bertz CT molecular complexity index is 628. The molecule has 1 aromatic rings. The summed E-state index contributed by atoms with van der Waals surface area (Å²) in [5.41, 5.74) is 1.04. The SMILES string of the molecule is N#Cc1ccc(CS(=O)(=O)NCC(=O)NC2CC2)cc1. The average molecular weight is 293 g/mol. The van der Waals surface area contributed by atoms with E-state index in [1.807, 2.05) is 6.07 Å². The summed E-state index contributed by atoms with van der Waals surface area (Å²) in [5, 5.41) is 11.4. The van der Waals surface area contributed by atoms with Crippen molar-refractivity contribution in [1.29, 1.82) is 5.26 Å². The van der Waals surface area contributed by atoms with Crippen LogP contribution in [0.25, 0.3) is 0 Å². The molecule has 1 aromatic carbocycles. The van der Waals surface area contributed by atoms with Crippen LogP contribution in [0.4, 0.5) is 0 Å². The largest absolute Gasteiger partial charge is 0.352 e. The van der Waals surface area contributed by atoms with Gasteiger partial charge in [-0.15, -0.1) is 0 Å². The van der Waals surface area contributed by atoms with Gasteiger partial charge in [0.15, 0.2) is 0 Å². The summed E-state index contributed by atoms with van der Waals surface area (Å²) in [7, 11) is -3.56. The van der Waals surface area contributed by atoms with Gasteiger partial charge in [-0.05, 0) is 30.5 Å². The predicted octanol–water partition coefficient (Wildman–Crippen LogP) is 0.256. The van der Waals surface area contributed by atoms with Gasteiger partial charge in [0, 0.05) is 6.04 Å². The normalized spacial score (nSPS) is 14.6. The number of benzene rings is 1. The highest BCUT2D eigenvalue weighted by Crippen LogP contribution is 2.18. The van der Waals surface area contributed by atoms with Crippen molar-refractivity contribution in [1.82, 2.24) is 10.0 Å². The molecule has 0 aliphatic heterocycles. The Hall–Kier alpha value is -1.91. The molecular formula is C13H15N3O3S. The Labute approximate surface area is 117 Å². The van der Waals surface area contributed by atoms with Gasteiger partial charge in [-0.3, -0.25) is 4.79 Å². The molecule has 1 aliphatic rings. The molecule has 0 aromatic heterocycles. The number of hydrogen-bond donors (Lipinski definition) is 2. The summed E-state index contributed by atoms with van der Waals surface area (Å²) in [5.74, 6) is -0.522. The first-order valence-electron chi connectivity index (χ1n) is 6.24. The van der Waals surface area contributed by atoms with E-state index in [1.54, 1.807) is 24.3 Å². The molecule has 1 saturated carbocycles. The highest BCUT2D eigenvalue weighted by Gasteiger charge is 2.23. The molecular weight excluding hydrogens is 278 g/mol. The second-order valence-electron chi connectivity index (χ2n) is 4.73. The van der Waals surface area contributed by atoms with Crippen molar-refractivity contribution < 1.29 is 13.2 Å². The standard InChI is InChI=1S/C13H15N3O3S/c14-7-10-1-3-11(4-2-10)9-20(18,19)15-8-13(17)16-12-5-6-12/h1-4,12,15H,5-6,8-9H2,(H,16,17). The summed E-state index contributed by atoms with van der Waals surface area (Å²) in [4.78, 5) is 11.4. The second-order valence-corrected chi connectivity index (χ2v) is 6.54. The van der Waals surface area contributed by atoms with Gasteiger partial charge in [0.05, 0.1) is 23.9 Å². The lowest BCUT2D eigenvalue weighted by Gasteiger charge is -2.07. The highest BCUT2D eigenvalue weighted by molar-refractivity contribution is 7.88. The van der Waals surface area contributed by atoms with Crippen LogP contribution in [0, 0.1) is 11.3 Å². The van der Waals surface area contributed by atoms with Crippen LogP contribution in [-0.2, 0) is 20.6 Å². The Kier molecular flexibility index (Phi) is 4.37. The van der Waals surface area contributed by atoms with E-state index in [-0.39, 0.29) is 24.2 Å². The van der Waals surface area contributed by atoms with Crippen LogP contribution in [0.1, 0.15) is 24.0 Å². The molecule has 2 N–H and O–H groups in total. The minimum absolute atomic E-state index is 0.213. The molecule has 0 saturated heterocycles. The van der Waals surface area contributed by atoms with Crippen molar-refractivity contribution in [2.24, 2.45) is 0 Å². The van der Waals surface area contributed by atoms with E-state index in [2.05, 4.69) is 10.0 Å². The van der Waals surface area contributed by atoms with Gasteiger partial charge in [0.25, 0.3) is 0 Å². The lowest BCUT2D eigenvalue weighted by molar-refractivity contribution is -0.120. The molecule has 20 heavy (non-hydrogen) atoms. The number of nitriles is 1. The van der Waals surface area contributed by atoms with Crippen molar-refractivity contribution in [3.63, 3.8) is 0 Å². The average Bonchev–Trinajstić information content (AvgIpc) is 3.21.